The molecule has 1 heterocycles. The summed E-state index contributed by atoms with van der Waals surface area (Å²) in [6.45, 7) is 4.78. The highest BCUT2D eigenvalue weighted by atomic mass is 16.5. The lowest BCUT2D eigenvalue weighted by molar-refractivity contribution is -0.126. The molecule has 0 saturated heterocycles. The first-order chi connectivity index (χ1) is 17.4. The summed E-state index contributed by atoms with van der Waals surface area (Å²) in [5.41, 5.74) is 1.01. The van der Waals surface area contributed by atoms with Crippen LogP contribution in [-0.2, 0) is 11.3 Å². The average Bonchev–Trinajstić information content (AvgIpc) is 3.41. The lowest BCUT2D eigenvalue weighted by atomic mass is 10.0. The number of rotatable bonds is 12. The molecule has 0 spiro atoms. The fraction of sp³-hybridized carbons (Fsp3) is 0.357. The van der Waals surface area contributed by atoms with Crippen LogP contribution in [0.4, 0.5) is 0 Å². The molecule has 0 saturated carbocycles. The smallest absolute Gasteiger partial charge is 0.255 e. The predicted molar refractivity (Wildman–Crippen MR) is 136 cm³/mol. The maximum Gasteiger partial charge on any atom is 0.255 e. The molecule has 2 aromatic carbocycles. The molecule has 192 valence electrons. The molecule has 1 aromatic heterocycles. The van der Waals surface area contributed by atoms with Crippen molar-refractivity contribution in [2.24, 2.45) is 5.92 Å². The largest absolute Gasteiger partial charge is 0.497 e. The molecule has 0 aliphatic heterocycles. The lowest BCUT2D eigenvalue weighted by Gasteiger charge is -2.31. The van der Waals surface area contributed by atoms with E-state index in [0.717, 1.165) is 6.42 Å². The van der Waals surface area contributed by atoms with Crippen LogP contribution in [0.2, 0.25) is 0 Å². The Labute approximate surface area is 212 Å². The molecule has 36 heavy (non-hydrogen) atoms. The van der Waals surface area contributed by atoms with E-state index in [9.17, 15) is 9.59 Å². The van der Waals surface area contributed by atoms with E-state index >= 15 is 0 Å². The Morgan fingerprint density at radius 1 is 0.944 bits per heavy atom. The fourth-order valence-electron chi connectivity index (χ4n) is 3.83. The number of carbonyl (C=O) groups is 2. The number of amides is 2. The molecule has 0 aliphatic carbocycles. The SMILES string of the molecule is COc1ccc(C(C(=O)NCCC(C)C)N(Cc2ccco2)C(=O)c2ccc(OC)c(OC)c2)cc1. The van der Waals surface area contributed by atoms with E-state index in [2.05, 4.69) is 19.2 Å². The van der Waals surface area contributed by atoms with Crippen LogP contribution in [0.1, 0.15) is 48.0 Å². The second-order valence-corrected chi connectivity index (χ2v) is 8.73. The Kier molecular flexibility index (Phi) is 9.39. The average molecular weight is 495 g/mol. The molecule has 8 heteroatoms. The molecule has 0 fully saturated rings. The van der Waals surface area contributed by atoms with Gasteiger partial charge in [0.2, 0.25) is 5.91 Å². The first kappa shape index (κ1) is 26.7. The molecular weight excluding hydrogens is 460 g/mol. The Balaban J connectivity index is 2.05. The van der Waals surface area contributed by atoms with E-state index < -0.39 is 6.04 Å². The third kappa shape index (κ3) is 6.59. The Morgan fingerprint density at radius 3 is 2.25 bits per heavy atom. The first-order valence-corrected chi connectivity index (χ1v) is 11.8. The van der Waals surface area contributed by atoms with Crippen molar-refractivity contribution in [2.45, 2.75) is 32.9 Å². The number of hydrogen-bond acceptors (Lipinski definition) is 6. The molecule has 0 aliphatic rings. The van der Waals surface area contributed by atoms with Gasteiger partial charge in [-0.05, 0) is 60.4 Å². The number of ether oxygens (including phenoxy) is 3. The highest BCUT2D eigenvalue weighted by Crippen LogP contribution is 2.31. The van der Waals surface area contributed by atoms with Crippen LogP contribution in [0.5, 0.6) is 17.2 Å². The van der Waals surface area contributed by atoms with Crippen molar-refractivity contribution >= 4 is 11.8 Å². The van der Waals surface area contributed by atoms with Crippen molar-refractivity contribution < 1.29 is 28.2 Å². The molecule has 1 atom stereocenters. The zero-order valence-electron chi connectivity index (χ0n) is 21.4. The van der Waals surface area contributed by atoms with Crippen molar-refractivity contribution in [1.29, 1.82) is 0 Å². The van der Waals surface area contributed by atoms with Gasteiger partial charge < -0.3 is 28.8 Å². The molecule has 2 amide bonds. The molecule has 3 rings (SSSR count). The van der Waals surface area contributed by atoms with Gasteiger partial charge in [-0.1, -0.05) is 26.0 Å². The standard InChI is InChI=1S/C28H34N2O6/c1-19(2)14-15-29-27(31)26(20-8-11-22(33-3)12-9-20)30(18-23-7-6-16-36-23)28(32)21-10-13-24(34-4)25(17-21)35-5/h6-13,16-17,19,26H,14-15,18H2,1-5H3,(H,29,31). The molecule has 8 nitrogen and oxygen atoms in total. The monoisotopic (exact) mass is 494 g/mol. The summed E-state index contributed by atoms with van der Waals surface area (Å²) in [4.78, 5) is 29.1. The van der Waals surface area contributed by atoms with Crippen LogP contribution < -0.4 is 19.5 Å². The van der Waals surface area contributed by atoms with Gasteiger partial charge in [-0.3, -0.25) is 9.59 Å². The number of methoxy groups -OCH3 is 3. The molecule has 1 N–H and O–H groups in total. The van der Waals surface area contributed by atoms with Crippen molar-refractivity contribution in [3.8, 4) is 17.2 Å². The summed E-state index contributed by atoms with van der Waals surface area (Å²) in [6.07, 6.45) is 2.36. The van der Waals surface area contributed by atoms with Gasteiger partial charge in [0.15, 0.2) is 11.5 Å². The van der Waals surface area contributed by atoms with Crippen LogP contribution in [0.3, 0.4) is 0 Å². The van der Waals surface area contributed by atoms with Crippen LogP contribution in [-0.4, -0.2) is 44.6 Å². The third-order valence-electron chi connectivity index (χ3n) is 5.81. The quantitative estimate of drug-likeness (QED) is 0.387. The van der Waals surface area contributed by atoms with E-state index in [0.29, 0.717) is 46.6 Å². The number of nitrogens with one attached hydrogen (secondary N) is 1. The minimum atomic E-state index is -0.909. The van der Waals surface area contributed by atoms with Gasteiger partial charge >= 0.3 is 0 Å². The highest BCUT2D eigenvalue weighted by molar-refractivity contribution is 5.98. The van der Waals surface area contributed by atoms with Gasteiger partial charge in [-0.2, -0.15) is 0 Å². The Hall–Kier alpha value is -3.94. The van der Waals surface area contributed by atoms with Gasteiger partial charge in [-0.25, -0.2) is 0 Å². The number of nitrogens with zero attached hydrogens (tertiary/aromatic N) is 1. The minimum absolute atomic E-state index is 0.0917. The van der Waals surface area contributed by atoms with Crippen molar-refractivity contribution in [3.05, 3.63) is 77.7 Å². The summed E-state index contributed by atoms with van der Waals surface area (Å²) in [7, 11) is 4.62. The second-order valence-electron chi connectivity index (χ2n) is 8.73. The first-order valence-electron chi connectivity index (χ1n) is 11.8. The van der Waals surface area contributed by atoms with E-state index in [1.165, 1.54) is 19.1 Å². The third-order valence-corrected chi connectivity index (χ3v) is 5.81. The maximum absolute atomic E-state index is 13.9. The lowest BCUT2D eigenvalue weighted by Crippen LogP contribution is -2.43. The maximum atomic E-state index is 13.9. The van der Waals surface area contributed by atoms with Crippen LogP contribution in [0, 0.1) is 5.92 Å². The molecule has 1 unspecified atom stereocenters. The van der Waals surface area contributed by atoms with Crippen molar-refractivity contribution in [1.82, 2.24) is 10.2 Å². The molecular formula is C28H34N2O6. The van der Waals surface area contributed by atoms with Gasteiger partial charge in [0, 0.05) is 12.1 Å². The zero-order valence-corrected chi connectivity index (χ0v) is 21.4. The minimum Gasteiger partial charge on any atom is -0.497 e. The molecule has 0 radical (unpaired) electrons. The highest BCUT2D eigenvalue weighted by Gasteiger charge is 2.33. The van der Waals surface area contributed by atoms with E-state index in [-0.39, 0.29) is 18.4 Å². The summed E-state index contributed by atoms with van der Waals surface area (Å²) >= 11 is 0. The van der Waals surface area contributed by atoms with Crippen LogP contribution >= 0.6 is 0 Å². The topological polar surface area (TPSA) is 90.2 Å². The summed E-state index contributed by atoms with van der Waals surface area (Å²) in [5.74, 6) is 1.93. The van der Waals surface area contributed by atoms with Gasteiger partial charge in [-0.15, -0.1) is 0 Å². The van der Waals surface area contributed by atoms with Crippen molar-refractivity contribution in [3.63, 3.8) is 0 Å². The van der Waals surface area contributed by atoms with Gasteiger partial charge in [0.25, 0.3) is 5.91 Å². The van der Waals surface area contributed by atoms with E-state index in [1.54, 1.807) is 68.0 Å². The Morgan fingerprint density at radius 2 is 1.67 bits per heavy atom. The van der Waals surface area contributed by atoms with Crippen LogP contribution in [0.25, 0.3) is 0 Å². The normalized spacial score (nSPS) is 11.6. The predicted octanol–water partition coefficient (Wildman–Crippen LogP) is 4.85. The number of hydrogen-bond donors (Lipinski definition) is 1. The van der Waals surface area contributed by atoms with E-state index in [1.807, 2.05) is 0 Å². The molecule has 0 bridgehead atoms. The van der Waals surface area contributed by atoms with Gasteiger partial charge in [0.05, 0.1) is 34.1 Å². The Bertz CT molecular complexity index is 1130. The number of carbonyl (C=O) groups excluding carboxylic acids is 2. The van der Waals surface area contributed by atoms with Crippen LogP contribution in [0.15, 0.2) is 65.3 Å². The van der Waals surface area contributed by atoms with Crippen molar-refractivity contribution in [2.75, 3.05) is 27.9 Å². The fourth-order valence-corrected chi connectivity index (χ4v) is 3.83. The number of furan rings is 1. The molecule has 3 aromatic rings. The zero-order chi connectivity index (χ0) is 26.1. The summed E-state index contributed by atoms with van der Waals surface area (Å²) in [6, 6.07) is 14.7. The summed E-state index contributed by atoms with van der Waals surface area (Å²) in [5, 5.41) is 3.01. The van der Waals surface area contributed by atoms with E-state index in [4.69, 9.17) is 18.6 Å². The van der Waals surface area contributed by atoms with Gasteiger partial charge in [0.1, 0.15) is 17.6 Å². The second kappa shape index (κ2) is 12.7. The summed E-state index contributed by atoms with van der Waals surface area (Å²) < 4.78 is 21.6. The number of benzene rings is 2.